The highest BCUT2D eigenvalue weighted by atomic mass is 79.9. The number of aliphatic hydroxyl groups excluding tert-OH is 1. The largest absolute Gasteiger partial charge is 0.444 e. The summed E-state index contributed by atoms with van der Waals surface area (Å²) in [4.78, 5) is 43.9. The van der Waals surface area contributed by atoms with Crippen molar-refractivity contribution in [3.63, 3.8) is 0 Å². The van der Waals surface area contributed by atoms with Gasteiger partial charge in [-0.05, 0) is 77.6 Å². The van der Waals surface area contributed by atoms with Gasteiger partial charge in [0, 0.05) is 21.9 Å². The van der Waals surface area contributed by atoms with Gasteiger partial charge >= 0.3 is 6.09 Å². The number of aliphatic hydroxyl groups is 1. The number of halogens is 2. The summed E-state index contributed by atoms with van der Waals surface area (Å²) < 4.78 is 8.16. The summed E-state index contributed by atoms with van der Waals surface area (Å²) in [6.45, 7) is 5.51. The number of benzene rings is 1. The molecule has 31 heavy (non-hydrogen) atoms. The lowest BCUT2D eigenvalue weighted by Crippen LogP contribution is -2.53. The summed E-state index contributed by atoms with van der Waals surface area (Å²) >= 11 is 6.75. The number of ether oxygens (including phenoxy) is 1. The van der Waals surface area contributed by atoms with Crippen molar-refractivity contribution in [1.82, 2.24) is 14.5 Å². The molecule has 2 heterocycles. The maximum absolute atomic E-state index is 12.8. The molecule has 0 saturated carbocycles. The predicted molar refractivity (Wildman–Crippen MR) is 123 cm³/mol. The van der Waals surface area contributed by atoms with Crippen molar-refractivity contribution in [1.29, 1.82) is 0 Å². The molecule has 1 N–H and O–H groups in total. The van der Waals surface area contributed by atoms with Crippen LogP contribution in [0.4, 0.5) is 4.79 Å². The van der Waals surface area contributed by atoms with Crippen molar-refractivity contribution in [2.24, 2.45) is 0 Å². The number of aromatic nitrogens is 2. The first kappa shape index (κ1) is 23.9. The smallest absolute Gasteiger partial charge is 0.410 e. The second-order valence-corrected chi connectivity index (χ2v) is 10.4. The van der Waals surface area contributed by atoms with Crippen LogP contribution in [-0.2, 0) is 16.1 Å². The normalized spacial score (nSPS) is 19.5. The van der Waals surface area contributed by atoms with Crippen molar-refractivity contribution in [2.75, 3.05) is 6.54 Å². The van der Waals surface area contributed by atoms with Crippen molar-refractivity contribution in [2.45, 2.75) is 64.3 Å². The fraction of sp³-hybridized carbons (Fsp3) is 0.524. The van der Waals surface area contributed by atoms with Crippen LogP contribution in [0.25, 0.3) is 10.9 Å². The van der Waals surface area contributed by atoms with Crippen molar-refractivity contribution in [3.8, 4) is 0 Å². The third kappa shape index (κ3) is 5.72. The summed E-state index contributed by atoms with van der Waals surface area (Å²) in [7, 11) is 0. The molecule has 3 rings (SSSR count). The minimum atomic E-state index is -0.829. The Morgan fingerprint density at radius 1 is 1.26 bits per heavy atom. The number of nitrogens with zero attached hydrogens (tertiary/aromatic N) is 3. The first-order valence-corrected chi connectivity index (χ1v) is 11.6. The van der Waals surface area contributed by atoms with Crippen LogP contribution in [0.5, 0.6) is 0 Å². The van der Waals surface area contributed by atoms with Crippen LogP contribution in [-0.4, -0.2) is 55.7 Å². The summed E-state index contributed by atoms with van der Waals surface area (Å²) in [6.07, 6.45) is 1.01. The van der Waals surface area contributed by atoms with Gasteiger partial charge in [-0.3, -0.25) is 14.2 Å². The van der Waals surface area contributed by atoms with Gasteiger partial charge in [0.15, 0.2) is 5.78 Å². The highest BCUT2D eigenvalue weighted by molar-refractivity contribution is 9.13. The zero-order valence-electron chi connectivity index (χ0n) is 17.6. The molecule has 1 aliphatic rings. The SMILES string of the molecule is CC(C)(C)OC(=O)N1CCCC(O)C1CC(=O)Cn1cnc2cc(Br)c(Br)cc2c1=O. The van der Waals surface area contributed by atoms with E-state index < -0.39 is 23.8 Å². The molecule has 1 fully saturated rings. The lowest BCUT2D eigenvalue weighted by atomic mass is 9.95. The molecule has 0 aliphatic carbocycles. The van der Waals surface area contributed by atoms with Gasteiger partial charge in [0.25, 0.3) is 5.56 Å². The highest BCUT2D eigenvalue weighted by Crippen LogP contribution is 2.26. The second kappa shape index (κ2) is 9.38. The molecular formula is C21H25Br2N3O5. The number of piperidine rings is 1. The molecule has 2 atom stereocenters. The van der Waals surface area contributed by atoms with Gasteiger partial charge in [-0.25, -0.2) is 9.78 Å². The number of hydrogen-bond acceptors (Lipinski definition) is 6. The molecule has 2 aromatic rings. The van der Waals surface area contributed by atoms with Crippen LogP contribution < -0.4 is 5.56 Å². The quantitative estimate of drug-likeness (QED) is 0.614. The van der Waals surface area contributed by atoms with Crippen LogP contribution in [0.3, 0.4) is 0 Å². The first-order valence-electron chi connectivity index (χ1n) is 10.00. The van der Waals surface area contributed by atoms with Gasteiger partial charge in [0.1, 0.15) is 5.60 Å². The number of Topliss-reactive ketones (excluding diaryl/α,β-unsaturated/α-hetero) is 1. The minimum Gasteiger partial charge on any atom is -0.444 e. The van der Waals surface area contributed by atoms with Crippen LogP contribution >= 0.6 is 31.9 Å². The molecule has 1 aliphatic heterocycles. The second-order valence-electron chi connectivity index (χ2n) is 8.65. The van der Waals surface area contributed by atoms with E-state index >= 15 is 0 Å². The highest BCUT2D eigenvalue weighted by Gasteiger charge is 2.37. The van der Waals surface area contributed by atoms with E-state index in [1.54, 1.807) is 32.9 Å². The number of ketones is 1. The lowest BCUT2D eigenvalue weighted by Gasteiger charge is -2.39. The Kier molecular flexibility index (Phi) is 7.22. The Morgan fingerprint density at radius 2 is 1.94 bits per heavy atom. The molecule has 1 amide bonds. The van der Waals surface area contributed by atoms with Gasteiger partial charge < -0.3 is 14.7 Å². The maximum Gasteiger partial charge on any atom is 0.410 e. The fourth-order valence-electron chi connectivity index (χ4n) is 3.58. The number of amides is 1. The molecule has 8 nitrogen and oxygen atoms in total. The molecule has 1 saturated heterocycles. The molecule has 0 spiro atoms. The van der Waals surface area contributed by atoms with E-state index in [-0.39, 0.29) is 24.3 Å². The topological polar surface area (TPSA) is 102 Å². The maximum atomic E-state index is 12.8. The summed E-state index contributed by atoms with van der Waals surface area (Å²) in [5, 5.41) is 10.8. The van der Waals surface area contributed by atoms with E-state index in [4.69, 9.17) is 4.74 Å². The summed E-state index contributed by atoms with van der Waals surface area (Å²) in [5.41, 5.74) is -0.496. The third-order valence-electron chi connectivity index (χ3n) is 5.02. The zero-order valence-corrected chi connectivity index (χ0v) is 20.8. The van der Waals surface area contributed by atoms with E-state index in [2.05, 4.69) is 36.8 Å². The Labute approximate surface area is 196 Å². The van der Waals surface area contributed by atoms with E-state index in [0.29, 0.717) is 34.8 Å². The molecule has 0 radical (unpaired) electrons. The fourth-order valence-corrected chi connectivity index (χ4v) is 4.26. The van der Waals surface area contributed by atoms with Crippen molar-refractivity contribution < 1.29 is 19.4 Å². The first-order chi connectivity index (χ1) is 14.5. The molecule has 1 aromatic carbocycles. The third-order valence-corrected chi connectivity index (χ3v) is 6.87. The molecule has 168 valence electrons. The molecular weight excluding hydrogens is 534 g/mol. The number of fused-ring (bicyclic) bond motifs is 1. The number of hydrogen-bond donors (Lipinski definition) is 1. The van der Waals surface area contributed by atoms with E-state index in [1.807, 2.05) is 0 Å². The lowest BCUT2D eigenvalue weighted by molar-refractivity contribution is -0.122. The van der Waals surface area contributed by atoms with E-state index in [0.717, 1.165) is 4.47 Å². The van der Waals surface area contributed by atoms with Gasteiger partial charge in [-0.1, -0.05) is 0 Å². The molecule has 0 bridgehead atoms. The van der Waals surface area contributed by atoms with Gasteiger partial charge in [-0.15, -0.1) is 0 Å². The molecule has 2 unspecified atom stereocenters. The summed E-state index contributed by atoms with van der Waals surface area (Å²) in [5.74, 6) is -0.279. The predicted octanol–water partition coefficient (Wildman–Crippen LogP) is 3.64. The van der Waals surface area contributed by atoms with E-state index in [9.17, 15) is 19.5 Å². The van der Waals surface area contributed by atoms with Crippen LogP contribution in [0.1, 0.15) is 40.0 Å². The number of likely N-dealkylation sites (tertiary alicyclic amines) is 1. The minimum absolute atomic E-state index is 0.0745. The molecule has 10 heteroatoms. The van der Waals surface area contributed by atoms with Gasteiger partial charge in [0.2, 0.25) is 0 Å². The Hall–Kier alpha value is -1.78. The number of carbonyl (C=O) groups is 2. The van der Waals surface area contributed by atoms with Crippen molar-refractivity contribution >= 4 is 54.6 Å². The number of carbonyl (C=O) groups excluding carboxylic acids is 2. The standard InChI is InChI=1S/C21H25Br2N3O5/c1-21(2,3)31-20(30)26-6-4-5-18(28)17(26)7-12(27)10-25-11-24-16-9-15(23)14(22)8-13(16)19(25)29/h8-9,11,17-18,28H,4-7,10H2,1-3H3. The van der Waals surface area contributed by atoms with Crippen LogP contribution in [0.15, 0.2) is 32.2 Å². The average molecular weight is 559 g/mol. The average Bonchev–Trinajstić information content (AvgIpc) is 2.66. The van der Waals surface area contributed by atoms with E-state index in [1.165, 1.54) is 15.8 Å². The van der Waals surface area contributed by atoms with Gasteiger partial charge in [-0.2, -0.15) is 0 Å². The van der Waals surface area contributed by atoms with Crippen LogP contribution in [0.2, 0.25) is 0 Å². The summed E-state index contributed by atoms with van der Waals surface area (Å²) in [6, 6.07) is 2.69. The van der Waals surface area contributed by atoms with Crippen LogP contribution in [0, 0.1) is 0 Å². The zero-order chi connectivity index (χ0) is 22.9. The Morgan fingerprint density at radius 3 is 2.61 bits per heavy atom. The Balaban J connectivity index is 1.78. The monoisotopic (exact) mass is 557 g/mol. The van der Waals surface area contributed by atoms with Crippen molar-refractivity contribution in [3.05, 3.63) is 37.8 Å². The molecule has 1 aromatic heterocycles. The number of rotatable bonds is 4. The Bertz CT molecular complexity index is 1060. The van der Waals surface area contributed by atoms with Gasteiger partial charge in [0.05, 0.1) is 35.9 Å².